The molecule has 0 unspecified atom stereocenters. The van der Waals surface area contributed by atoms with E-state index in [2.05, 4.69) is 20.8 Å². The summed E-state index contributed by atoms with van der Waals surface area (Å²) in [5.74, 6) is 0.510. The first-order chi connectivity index (χ1) is 12.1. The van der Waals surface area contributed by atoms with Crippen molar-refractivity contribution in [2.75, 3.05) is 19.7 Å². The van der Waals surface area contributed by atoms with Crippen molar-refractivity contribution in [3.8, 4) is 5.75 Å². The highest BCUT2D eigenvalue weighted by atomic mass is 16.5. The fourth-order valence-corrected chi connectivity index (χ4v) is 2.91. The highest BCUT2D eigenvalue weighted by Gasteiger charge is 2.13. The van der Waals surface area contributed by atoms with Crippen molar-refractivity contribution in [1.29, 1.82) is 0 Å². The van der Waals surface area contributed by atoms with E-state index >= 15 is 0 Å². The number of benzene rings is 1. The Morgan fingerprint density at radius 1 is 1.08 bits per heavy atom. The molecular weight excluding hydrogens is 318 g/mol. The molecule has 1 aromatic carbocycles. The number of ether oxygens (including phenoxy) is 1. The van der Waals surface area contributed by atoms with E-state index < -0.39 is 0 Å². The predicted octanol–water partition coefficient (Wildman–Crippen LogP) is 3.77. The van der Waals surface area contributed by atoms with E-state index in [9.17, 15) is 9.59 Å². The van der Waals surface area contributed by atoms with Gasteiger partial charge in [0.15, 0.2) is 6.61 Å². The van der Waals surface area contributed by atoms with Gasteiger partial charge in [0.2, 0.25) is 0 Å². The van der Waals surface area contributed by atoms with Gasteiger partial charge >= 0.3 is 5.63 Å². The Balaban J connectivity index is 2.14. The summed E-state index contributed by atoms with van der Waals surface area (Å²) in [5, 5.41) is 0.915. The highest BCUT2D eigenvalue weighted by molar-refractivity contribution is 5.82. The number of carbonyl (C=O) groups excluding carboxylic acids is 1. The Bertz CT molecular complexity index is 760. The van der Waals surface area contributed by atoms with Crippen molar-refractivity contribution >= 4 is 16.9 Å². The van der Waals surface area contributed by atoms with E-state index in [0.29, 0.717) is 11.3 Å². The molecule has 0 aliphatic rings. The molecule has 0 N–H and O–H groups in total. The second-order valence-corrected chi connectivity index (χ2v) is 6.17. The van der Waals surface area contributed by atoms with Gasteiger partial charge in [0, 0.05) is 30.6 Å². The van der Waals surface area contributed by atoms with Crippen LogP contribution in [0.25, 0.3) is 11.0 Å². The van der Waals surface area contributed by atoms with Crippen LogP contribution in [0.2, 0.25) is 0 Å². The van der Waals surface area contributed by atoms with Crippen LogP contribution in [-0.4, -0.2) is 30.5 Å². The zero-order valence-electron chi connectivity index (χ0n) is 15.3. The average molecular weight is 345 g/mol. The molecule has 0 aliphatic carbocycles. The van der Waals surface area contributed by atoms with Crippen LogP contribution in [0.3, 0.4) is 0 Å². The minimum Gasteiger partial charge on any atom is -0.484 e. The second kappa shape index (κ2) is 9.25. The van der Waals surface area contributed by atoms with Gasteiger partial charge in [0.05, 0.1) is 0 Å². The van der Waals surface area contributed by atoms with E-state index in [1.54, 1.807) is 12.1 Å². The van der Waals surface area contributed by atoms with Gasteiger partial charge in [0.1, 0.15) is 11.3 Å². The minimum absolute atomic E-state index is 0.00953. The molecule has 25 heavy (non-hydrogen) atoms. The smallest absolute Gasteiger partial charge is 0.336 e. The van der Waals surface area contributed by atoms with E-state index in [1.807, 2.05) is 17.0 Å². The van der Waals surface area contributed by atoms with Gasteiger partial charge < -0.3 is 14.1 Å². The van der Waals surface area contributed by atoms with Gasteiger partial charge in [-0.2, -0.15) is 0 Å². The lowest BCUT2D eigenvalue weighted by Gasteiger charge is -2.21. The van der Waals surface area contributed by atoms with E-state index in [4.69, 9.17) is 9.15 Å². The summed E-state index contributed by atoms with van der Waals surface area (Å²) in [4.78, 5) is 25.8. The van der Waals surface area contributed by atoms with Crippen molar-refractivity contribution in [3.05, 3.63) is 40.2 Å². The van der Waals surface area contributed by atoms with Gasteiger partial charge in [0.25, 0.3) is 5.91 Å². The number of hydrogen-bond acceptors (Lipinski definition) is 4. The molecule has 0 fully saturated rings. The van der Waals surface area contributed by atoms with Gasteiger partial charge in [-0.3, -0.25) is 4.79 Å². The first kappa shape index (κ1) is 19.0. The number of carbonyl (C=O) groups is 1. The van der Waals surface area contributed by atoms with Gasteiger partial charge in [-0.05, 0) is 37.0 Å². The Morgan fingerprint density at radius 2 is 1.80 bits per heavy atom. The van der Waals surface area contributed by atoms with E-state index in [1.165, 1.54) is 0 Å². The Labute approximate surface area is 148 Å². The maximum Gasteiger partial charge on any atom is 0.336 e. The van der Waals surface area contributed by atoms with Crippen LogP contribution in [0.1, 0.15) is 45.6 Å². The SMILES string of the molecule is CCCc1cc(=O)oc2cc(OCC(=O)N(CCC)CCC)ccc12. The lowest BCUT2D eigenvalue weighted by molar-refractivity contribution is -0.133. The fourth-order valence-electron chi connectivity index (χ4n) is 2.91. The maximum absolute atomic E-state index is 12.3. The molecule has 0 saturated heterocycles. The topological polar surface area (TPSA) is 59.8 Å². The average Bonchev–Trinajstić information content (AvgIpc) is 2.59. The number of rotatable bonds is 9. The summed E-state index contributed by atoms with van der Waals surface area (Å²) in [6.45, 7) is 7.64. The molecule has 2 aromatic rings. The largest absolute Gasteiger partial charge is 0.484 e. The first-order valence-corrected chi connectivity index (χ1v) is 9.06. The van der Waals surface area contributed by atoms with Crippen molar-refractivity contribution in [2.24, 2.45) is 0 Å². The number of nitrogens with zero attached hydrogens (tertiary/aromatic N) is 1. The van der Waals surface area contributed by atoms with E-state index in [-0.39, 0.29) is 18.1 Å². The van der Waals surface area contributed by atoms with Crippen molar-refractivity contribution < 1.29 is 13.9 Å². The molecule has 1 aromatic heterocycles. The van der Waals surface area contributed by atoms with Crippen LogP contribution in [0.5, 0.6) is 5.75 Å². The number of amides is 1. The van der Waals surface area contributed by atoms with Crippen molar-refractivity contribution in [3.63, 3.8) is 0 Å². The molecule has 136 valence electrons. The highest BCUT2D eigenvalue weighted by Crippen LogP contribution is 2.23. The molecule has 5 heteroatoms. The van der Waals surface area contributed by atoms with Crippen LogP contribution in [-0.2, 0) is 11.2 Å². The number of hydrogen-bond donors (Lipinski definition) is 0. The standard InChI is InChI=1S/C20H27NO4/c1-4-7-15-12-20(23)25-18-13-16(8-9-17(15)18)24-14-19(22)21(10-5-2)11-6-3/h8-9,12-13H,4-7,10-11,14H2,1-3H3. The first-order valence-electron chi connectivity index (χ1n) is 9.06. The summed E-state index contributed by atoms with van der Waals surface area (Å²) in [6, 6.07) is 6.94. The molecule has 5 nitrogen and oxygen atoms in total. The lowest BCUT2D eigenvalue weighted by Crippen LogP contribution is -2.36. The summed E-state index contributed by atoms with van der Waals surface area (Å²) in [7, 11) is 0. The molecule has 1 heterocycles. The van der Waals surface area contributed by atoms with Crippen LogP contribution >= 0.6 is 0 Å². The van der Waals surface area contributed by atoms with Gasteiger partial charge in [-0.25, -0.2) is 4.79 Å². The summed E-state index contributed by atoms with van der Waals surface area (Å²) in [6.07, 6.45) is 3.62. The Kier molecular flexibility index (Phi) is 7.04. The molecule has 0 radical (unpaired) electrons. The predicted molar refractivity (Wildman–Crippen MR) is 99.1 cm³/mol. The Hall–Kier alpha value is -2.30. The lowest BCUT2D eigenvalue weighted by atomic mass is 10.1. The van der Waals surface area contributed by atoms with Crippen molar-refractivity contribution in [2.45, 2.75) is 46.5 Å². The normalized spacial score (nSPS) is 10.8. The zero-order chi connectivity index (χ0) is 18.2. The van der Waals surface area contributed by atoms with Crippen LogP contribution < -0.4 is 10.4 Å². The number of fused-ring (bicyclic) bond motifs is 1. The maximum atomic E-state index is 12.3. The molecule has 2 rings (SSSR count). The minimum atomic E-state index is -0.360. The quantitative estimate of drug-likeness (QED) is 0.649. The molecule has 0 aliphatic heterocycles. The molecule has 0 spiro atoms. The summed E-state index contributed by atoms with van der Waals surface area (Å²) >= 11 is 0. The third-order valence-electron chi connectivity index (χ3n) is 4.02. The monoisotopic (exact) mass is 345 g/mol. The fraction of sp³-hybridized carbons (Fsp3) is 0.500. The molecular formula is C20H27NO4. The van der Waals surface area contributed by atoms with E-state index in [0.717, 1.165) is 49.7 Å². The number of aryl methyl sites for hydroxylation is 1. The zero-order valence-corrected chi connectivity index (χ0v) is 15.3. The molecule has 1 amide bonds. The third kappa shape index (κ3) is 5.08. The summed E-state index contributed by atoms with van der Waals surface area (Å²) < 4.78 is 10.9. The molecule has 0 atom stereocenters. The molecule has 0 saturated carbocycles. The molecule has 0 bridgehead atoms. The Morgan fingerprint density at radius 3 is 2.44 bits per heavy atom. The second-order valence-electron chi connectivity index (χ2n) is 6.17. The summed E-state index contributed by atoms with van der Waals surface area (Å²) in [5.41, 5.74) is 1.12. The third-order valence-corrected chi connectivity index (χ3v) is 4.02. The van der Waals surface area contributed by atoms with Crippen LogP contribution in [0, 0.1) is 0 Å². The van der Waals surface area contributed by atoms with Crippen LogP contribution in [0.4, 0.5) is 0 Å². The van der Waals surface area contributed by atoms with Crippen molar-refractivity contribution in [1.82, 2.24) is 4.90 Å². The van der Waals surface area contributed by atoms with Crippen LogP contribution in [0.15, 0.2) is 33.5 Å². The van der Waals surface area contributed by atoms with Gasteiger partial charge in [-0.15, -0.1) is 0 Å². The van der Waals surface area contributed by atoms with Gasteiger partial charge in [-0.1, -0.05) is 27.2 Å².